The molecule has 20 heavy (non-hydrogen) atoms. The van der Waals surface area contributed by atoms with Crippen LogP contribution in [0.5, 0.6) is 0 Å². The first-order valence-electron chi connectivity index (χ1n) is 7.30. The Morgan fingerprint density at radius 2 is 2.15 bits per heavy atom. The van der Waals surface area contributed by atoms with Crippen molar-refractivity contribution in [3.63, 3.8) is 0 Å². The van der Waals surface area contributed by atoms with Crippen LogP contribution in [0.25, 0.3) is 11.5 Å². The van der Waals surface area contributed by atoms with Gasteiger partial charge in [0.2, 0.25) is 11.8 Å². The second kappa shape index (κ2) is 4.04. The Morgan fingerprint density at radius 3 is 2.90 bits per heavy atom. The fourth-order valence-corrected chi connectivity index (χ4v) is 3.05. The molecule has 1 aliphatic carbocycles. The van der Waals surface area contributed by atoms with Crippen LogP contribution in [0.1, 0.15) is 37.9 Å². The van der Waals surface area contributed by atoms with Gasteiger partial charge in [-0.05, 0) is 43.7 Å². The molecule has 1 atom stereocenters. The first-order chi connectivity index (χ1) is 9.66. The number of nitrogens with zero attached hydrogens (tertiary/aromatic N) is 4. The summed E-state index contributed by atoms with van der Waals surface area (Å²) in [5.74, 6) is 1.63. The molecule has 4 rings (SSSR count). The smallest absolute Gasteiger partial charge is 0.222 e. The average Bonchev–Trinajstić information content (AvgIpc) is 3.04. The van der Waals surface area contributed by atoms with Crippen molar-refractivity contribution >= 4 is 5.95 Å². The summed E-state index contributed by atoms with van der Waals surface area (Å²) in [5, 5.41) is 8.09. The molecule has 3 heterocycles. The second-order valence-electron chi connectivity index (χ2n) is 6.25. The highest BCUT2D eigenvalue weighted by atomic mass is 15.4. The van der Waals surface area contributed by atoms with Gasteiger partial charge in [0.25, 0.3) is 0 Å². The van der Waals surface area contributed by atoms with Crippen molar-refractivity contribution in [1.82, 2.24) is 19.7 Å². The number of pyridine rings is 1. The molecule has 0 amide bonds. The zero-order valence-electron chi connectivity index (χ0n) is 11.9. The molecule has 0 spiro atoms. The van der Waals surface area contributed by atoms with Crippen LogP contribution in [0.3, 0.4) is 0 Å². The van der Waals surface area contributed by atoms with E-state index in [0.717, 1.165) is 36.1 Å². The lowest BCUT2D eigenvalue weighted by Crippen LogP contribution is -2.29. The molecule has 1 unspecified atom stereocenters. The van der Waals surface area contributed by atoms with E-state index in [1.165, 1.54) is 12.8 Å². The van der Waals surface area contributed by atoms with Crippen LogP contribution < -0.4 is 5.32 Å². The lowest BCUT2D eigenvalue weighted by atomic mass is 9.95. The number of hydrogen-bond donors (Lipinski definition) is 1. The van der Waals surface area contributed by atoms with Crippen molar-refractivity contribution in [2.75, 3.05) is 11.9 Å². The van der Waals surface area contributed by atoms with Crippen molar-refractivity contribution < 1.29 is 0 Å². The Hall–Kier alpha value is -1.91. The Balaban J connectivity index is 1.76. The predicted molar refractivity (Wildman–Crippen MR) is 77.5 cm³/mol. The van der Waals surface area contributed by atoms with Crippen molar-refractivity contribution in [1.29, 1.82) is 0 Å². The zero-order valence-corrected chi connectivity index (χ0v) is 11.9. The molecule has 2 aliphatic rings. The van der Waals surface area contributed by atoms with E-state index in [2.05, 4.69) is 26.9 Å². The molecule has 0 saturated heterocycles. The fraction of sp³-hybridized carbons (Fsp3) is 0.533. The maximum absolute atomic E-state index is 4.73. The number of aromatic nitrogens is 4. The van der Waals surface area contributed by atoms with Gasteiger partial charge in [0.1, 0.15) is 5.69 Å². The Kier molecular flexibility index (Phi) is 2.40. The topological polar surface area (TPSA) is 55.6 Å². The fourth-order valence-electron chi connectivity index (χ4n) is 3.05. The maximum atomic E-state index is 4.73. The largest absolute Gasteiger partial charge is 0.354 e. The average molecular weight is 269 g/mol. The van der Waals surface area contributed by atoms with Gasteiger partial charge in [0.15, 0.2) is 0 Å². The number of hydrogen-bond acceptors (Lipinski definition) is 4. The highest BCUT2D eigenvalue weighted by Gasteiger charge is 2.47. The van der Waals surface area contributed by atoms with Crippen molar-refractivity contribution in [2.45, 2.75) is 39.2 Å². The Labute approximate surface area is 118 Å². The minimum Gasteiger partial charge on any atom is -0.354 e. The van der Waals surface area contributed by atoms with Gasteiger partial charge in [0.05, 0.1) is 6.04 Å². The SMILES string of the molecule is Cc1cccc(-c2nc3n(n2)C(C2(C)CC2)CCN3)n1. The van der Waals surface area contributed by atoms with E-state index >= 15 is 0 Å². The third-order valence-corrected chi connectivity index (χ3v) is 4.59. The molecular formula is C15H19N5. The molecule has 1 aliphatic heterocycles. The summed E-state index contributed by atoms with van der Waals surface area (Å²) in [6.07, 6.45) is 3.73. The van der Waals surface area contributed by atoms with Crippen LogP contribution in [0.2, 0.25) is 0 Å². The predicted octanol–water partition coefficient (Wildman–Crippen LogP) is 2.81. The van der Waals surface area contributed by atoms with E-state index in [9.17, 15) is 0 Å². The lowest BCUT2D eigenvalue weighted by Gasteiger charge is -2.29. The highest BCUT2D eigenvalue weighted by molar-refractivity contribution is 5.51. The van der Waals surface area contributed by atoms with Gasteiger partial charge in [-0.3, -0.25) is 0 Å². The van der Waals surface area contributed by atoms with Gasteiger partial charge < -0.3 is 5.32 Å². The van der Waals surface area contributed by atoms with Gasteiger partial charge in [-0.2, -0.15) is 4.98 Å². The highest BCUT2D eigenvalue weighted by Crippen LogP contribution is 2.56. The molecule has 2 aromatic heterocycles. The van der Waals surface area contributed by atoms with Crippen LogP contribution in [-0.4, -0.2) is 26.3 Å². The first kappa shape index (κ1) is 11.9. The second-order valence-corrected chi connectivity index (χ2v) is 6.25. The summed E-state index contributed by atoms with van der Waals surface area (Å²) in [4.78, 5) is 9.16. The quantitative estimate of drug-likeness (QED) is 0.910. The molecule has 5 nitrogen and oxygen atoms in total. The third kappa shape index (κ3) is 1.80. The molecule has 104 valence electrons. The monoisotopic (exact) mass is 269 g/mol. The molecule has 0 radical (unpaired) electrons. The van der Waals surface area contributed by atoms with Gasteiger partial charge in [-0.15, -0.1) is 5.10 Å². The normalized spacial score (nSPS) is 23.0. The number of rotatable bonds is 2. The summed E-state index contributed by atoms with van der Waals surface area (Å²) in [6, 6.07) is 6.45. The van der Waals surface area contributed by atoms with Crippen molar-refractivity contribution in [3.8, 4) is 11.5 Å². The van der Waals surface area contributed by atoms with Crippen LogP contribution in [0.4, 0.5) is 5.95 Å². The molecule has 1 fully saturated rings. The minimum atomic E-state index is 0.419. The van der Waals surface area contributed by atoms with Gasteiger partial charge in [-0.1, -0.05) is 13.0 Å². The number of fused-ring (bicyclic) bond motifs is 1. The molecule has 0 bridgehead atoms. The van der Waals surface area contributed by atoms with Crippen LogP contribution in [0, 0.1) is 12.3 Å². The number of anilines is 1. The summed E-state index contributed by atoms with van der Waals surface area (Å²) >= 11 is 0. The van der Waals surface area contributed by atoms with E-state index in [1.807, 2.05) is 25.1 Å². The standard InChI is InChI=1S/C15H19N5/c1-10-4-3-5-11(17-10)13-18-14-16-9-6-12(20(14)19-13)15(2)7-8-15/h3-5,12H,6-9H2,1-2H3,(H,16,18,19). The molecule has 2 aromatic rings. The van der Waals surface area contributed by atoms with Crippen LogP contribution in [0.15, 0.2) is 18.2 Å². The molecule has 5 heteroatoms. The van der Waals surface area contributed by atoms with E-state index in [0.29, 0.717) is 11.5 Å². The number of nitrogens with one attached hydrogen (secondary N) is 1. The lowest BCUT2D eigenvalue weighted by molar-refractivity contribution is 0.284. The zero-order chi connectivity index (χ0) is 13.7. The van der Waals surface area contributed by atoms with E-state index in [1.54, 1.807) is 0 Å². The van der Waals surface area contributed by atoms with Crippen LogP contribution >= 0.6 is 0 Å². The summed E-state index contributed by atoms with van der Waals surface area (Å²) in [5.41, 5.74) is 2.27. The van der Waals surface area contributed by atoms with E-state index < -0.39 is 0 Å². The van der Waals surface area contributed by atoms with Crippen molar-refractivity contribution in [3.05, 3.63) is 23.9 Å². The van der Waals surface area contributed by atoms with Crippen LogP contribution in [-0.2, 0) is 0 Å². The number of aryl methyl sites for hydroxylation is 1. The Morgan fingerprint density at radius 1 is 1.30 bits per heavy atom. The van der Waals surface area contributed by atoms with Gasteiger partial charge in [-0.25, -0.2) is 9.67 Å². The summed E-state index contributed by atoms with van der Waals surface area (Å²) in [7, 11) is 0. The van der Waals surface area contributed by atoms with Crippen molar-refractivity contribution in [2.24, 2.45) is 5.41 Å². The first-order valence-corrected chi connectivity index (χ1v) is 7.30. The Bertz CT molecular complexity index is 656. The summed E-state index contributed by atoms with van der Waals surface area (Å²) in [6.45, 7) is 5.34. The molecular weight excluding hydrogens is 250 g/mol. The van der Waals surface area contributed by atoms with Gasteiger partial charge in [0, 0.05) is 12.2 Å². The molecule has 0 aromatic carbocycles. The minimum absolute atomic E-state index is 0.419. The van der Waals surface area contributed by atoms with E-state index in [4.69, 9.17) is 5.10 Å². The molecule has 1 saturated carbocycles. The molecule has 1 N–H and O–H groups in total. The summed E-state index contributed by atoms with van der Waals surface area (Å²) < 4.78 is 2.09. The third-order valence-electron chi connectivity index (χ3n) is 4.59. The maximum Gasteiger partial charge on any atom is 0.222 e. The van der Waals surface area contributed by atoms with E-state index in [-0.39, 0.29) is 0 Å². The van der Waals surface area contributed by atoms with Gasteiger partial charge >= 0.3 is 0 Å².